The van der Waals surface area contributed by atoms with E-state index in [4.69, 9.17) is 19.3 Å². The van der Waals surface area contributed by atoms with E-state index in [0.29, 0.717) is 22.7 Å². The Bertz CT molecular complexity index is 818. The van der Waals surface area contributed by atoms with Crippen LogP contribution in [0, 0.1) is 0 Å². The van der Waals surface area contributed by atoms with Gasteiger partial charge in [-0.1, -0.05) is 0 Å². The standard InChI is InChI=1S/C21H27N3O5/c1-14-12-24(13-15(2)29-14)20-7-5-17(11-22-20)23-21(26)16-4-6-18(27-3)19(10-16)28-9-8-25/h4-7,10-11,14-15,25H,8-9,12-13H2,1-3H3,(H,23,26). The van der Waals surface area contributed by atoms with E-state index in [1.54, 1.807) is 24.4 Å². The molecule has 156 valence electrons. The first-order valence-corrected chi connectivity index (χ1v) is 9.59. The third kappa shape index (κ3) is 5.36. The summed E-state index contributed by atoms with van der Waals surface area (Å²) in [5.41, 5.74) is 1.01. The lowest BCUT2D eigenvalue weighted by molar-refractivity contribution is -0.00545. The van der Waals surface area contributed by atoms with Crippen molar-refractivity contribution in [2.45, 2.75) is 26.1 Å². The maximum absolute atomic E-state index is 12.6. The molecule has 2 heterocycles. The molecule has 1 saturated heterocycles. The average Bonchev–Trinajstić information content (AvgIpc) is 2.71. The number of benzene rings is 1. The molecule has 0 bridgehead atoms. The first kappa shape index (κ1) is 20.9. The van der Waals surface area contributed by atoms with E-state index in [9.17, 15) is 4.79 Å². The second-order valence-electron chi connectivity index (χ2n) is 6.96. The summed E-state index contributed by atoms with van der Waals surface area (Å²) in [6.07, 6.45) is 1.94. The van der Waals surface area contributed by atoms with Gasteiger partial charge in [-0.15, -0.1) is 0 Å². The van der Waals surface area contributed by atoms with E-state index in [-0.39, 0.29) is 31.3 Å². The van der Waals surface area contributed by atoms with E-state index in [2.05, 4.69) is 15.2 Å². The zero-order chi connectivity index (χ0) is 20.8. The predicted molar refractivity (Wildman–Crippen MR) is 110 cm³/mol. The van der Waals surface area contributed by atoms with Crippen LogP contribution in [0.25, 0.3) is 0 Å². The highest BCUT2D eigenvalue weighted by Crippen LogP contribution is 2.28. The summed E-state index contributed by atoms with van der Waals surface area (Å²) < 4.78 is 16.4. The molecule has 2 aromatic rings. The lowest BCUT2D eigenvalue weighted by Crippen LogP contribution is -2.45. The third-order valence-electron chi connectivity index (χ3n) is 4.52. The molecule has 0 radical (unpaired) electrons. The first-order valence-electron chi connectivity index (χ1n) is 9.59. The van der Waals surface area contributed by atoms with E-state index in [1.807, 2.05) is 26.0 Å². The van der Waals surface area contributed by atoms with Gasteiger partial charge < -0.3 is 29.5 Å². The number of aliphatic hydroxyl groups is 1. The average molecular weight is 401 g/mol. The van der Waals surface area contributed by atoms with Crippen LogP contribution in [-0.4, -0.2) is 61.6 Å². The molecule has 1 aromatic heterocycles. The molecule has 1 amide bonds. The molecule has 8 nitrogen and oxygen atoms in total. The smallest absolute Gasteiger partial charge is 0.255 e. The number of amides is 1. The van der Waals surface area contributed by atoms with Gasteiger partial charge in [-0.3, -0.25) is 4.79 Å². The number of ether oxygens (including phenoxy) is 3. The van der Waals surface area contributed by atoms with Gasteiger partial charge in [-0.05, 0) is 44.2 Å². The molecule has 0 spiro atoms. The first-order chi connectivity index (χ1) is 14.0. The highest BCUT2D eigenvalue weighted by molar-refractivity contribution is 6.04. The van der Waals surface area contributed by atoms with E-state index >= 15 is 0 Å². The van der Waals surface area contributed by atoms with Gasteiger partial charge in [0.15, 0.2) is 11.5 Å². The van der Waals surface area contributed by atoms with Crippen molar-refractivity contribution in [3.63, 3.8) is 0 Å². The number of nitrogens with zero attached hydrogens (tertiary/aromatic N) is 2. The van der Waals surface area contributed by atoms with Gasteiger partial charge in [-0.2, -0.15) is 0 Å². The number of carbonyl (C=O) groups is 1. The molecule has 29 heavy (non-hydrogen) atoms. The Hall–Kier alpha value is -2.84. The molecule has 1 aromatic carbocycles. The van der Waals surface area contributed by atoms with Crippen LogP contribution in [0.15, 0.2) is 36.5 Å². The van der Waals surface area contributed by atoms with Gasteiger partial charge >= 0.3 is 0 Å². The Labute approximate surface area is 170 Å². The summed E-state index contributed by atoms with van der Waals surface area (Å²) >= 11 is 0. The zero-order valence-corrected chi connectivity index (χ0v) is 16.9. The number of methoxy groups -OCH3 is 1. The van der Waals surface area contributed by atoms with Crippen molar-refractivity contribution >= 4 is 17.4 Å². The number of aromatic nitrogens is 1. The van der Waals surface area contributed by atoms with Crippen molar-refractivity contribution in [3.05, 3.63) is 42.1 Å². The van der Waals surface area contributed by atoms with Crippen molar-refractivity contribution in [2.75, 3.05) is 43.6 Å². The normalized spacial score (nSPS) is 19.0. The van der Waals surface area contributed by atoms with Crippen LogP contribution in [0.5, 0.6) is 11.5 Å². The van der Waals surface area contributed by atoms with Crippen LogP contribution < -0.4 is 19.7 Å². The Morgan fingerprint density at radius 3 is 2.62 bits per heavy atom. The summed E-state index contributed by atoms with van der Waals surface area (Å²) in [4.78, 5) is 19.3. The Balaban J connectivity index is 1.67. The van der Waals surface area contributed by atoms with Crippen molar-refractivity contribution < 1.29 is 24.1 Å². The van der Waals surface area contributed by atoms with Crippen LogP contribution >= 0.6 is 0 Å². The maximum Gasteiger partial charge on any atom is 0.255 e. The molecule has 3 rings (SSSR count). The Morgan fingerprint density at radius 2 is 2.00 bits per heavy atom. The van der Waals surface area contributed by atoms with Crippen molar-refractivity contribution in [1.82, 2.24) is 4.98 Å². The van der Waals surface area contributed by atoms with E-state index < -0.39 is 0 Å². The van der Waals surface area contributed by atoms with Gasteiger partial charge in [0.1, 0.15) is 12.4 Å². The molecule has 1 aliphatic rings. The molecular formula is C21H27N3O5. The fraction of sp³-hybridized carbons (Fsp3) is 0.429. The molecule has 8 heteroatoms. The maximum atomic E-state index is 12.6. The molecule has 1 aliphatic heterocycles. The predicted octanol–water partition coefficient (Wildman–Crippen LogP) is 2.33. The third-order valence-corrected chi connectivity index (χ3v) is 4.52. The fourth-order valence-electron chi connectivity index (χ4n) is 3.30. The lowest BCUT2D eigenvalue weighted by atomic mass is 10.2. The summed E-state index contributed by atoms with van der Waals surface area (Å²) in [6, 6.07) is 8.62. The molecule has 2 unspecified atom stereocenters. The highest BCUT2D eigenvalue weighted by atomic mass is 16.5. The number of aliphatic hydroxyl groups excluding tert-OH is 1. The molecular weight excluding hydrogens is 374 g/mol. The van der Waals surface area contributed by atoms with Gasteiger partial charge in [0.05, 0.1) is 37.8 Å². The topological polar surface area (TPSA) is 93.2 Å². The highest BCUT2D eigenvalue weighted by Gasteiger charge is 2.23. The second-order valence-corrected chi connectivity index (χ2v) is 6.96. The van der Waals surface area contributed by atoms with Crippen LogP contribution in [0.4, 0.5) is 11.5 Å². The van der Waals surface area contributed by atoms with Gasteiger partial charge in [-0.25, -0.2) is 4.98 Å². The van der Waals surface area contributed by atoms with Crippen LogP contribution in [0.2, 0.25) is 0 Å². The Kier molecular flexibility index (Phi) is 6.90. The SMILES string of the molecule is COc1ccc(C(=O)Nc2ccc(N3CC(C)OC(C)C3)nc2)cc1OCCO. The molecule has 2 atom stereocenters. The largest absolute Gasteiger partial charge is 0.493 e. The number of anilines is 2. The molecule has 1 fully saturated rings. The van der Waals surface area contributed by atoms with Gasteiger partial charge in [0.25, 0.3) is 5.91 Å². The number of pyridine rings is 1. The van der Waals surface area contributed by atoms with Crippen LogP contribution in [-0.2, 0) is 4.74 Å². The summed E-state index contributed by atoms with van der Waals surface area (Å²) in [5.74, 6) is 1.46. The molecule has 0 aliphatic carbocycles. The summed E-state index contributed by atoms with van der Waals surface area (Å²) in [5, 5.41) is 11.8. The number of morpholine rings is 1. The quantitative estimate of drug-likeness (QED) is 0.735. The minimum Gasteiger partial charge on any atom is -0.493 e. The van der Waals surface area contributed by atoms with Gasteiger partial charge in [0.2, 0.25) is 0 Å². The number of carbonyl (C=O) groups excluding carboxylic acids is 1. The second kappa shape index (κ2) is 9.58. The summed E-state index contributed by atoms with van der Waals surface area (Å²) in [7, 11) is 1.52. The lowest BCUT2D eigenvalue weighted by Gasteiger charge is -2.36. The monoisotopic (exact) mass is 401 g/mol. The number of hydrogen-bond donors (Lipinski definition) is 2. The minimum absolute atomic E-state index is 0.117. The molecule has 0 saturated carbocycles. The number of rotatable bonds is 7. The minimum atomic E-state index is -0.287. The van der Waals surface area contributed by atoms with Crippen molar-refractivity contribution in [3.8, 4) is 11.5 Å². The fourth-order valence-corrected chi connectivity index (χ4v) is 3.30. The number of hydrogen-bond acceptors (Lipinski definition) is 7. The zero-order valence-electron chi connectivity index (χ0n) is 16.9. The van der Waals surface area contributed by atoms with Crippen molar-refractivity contribution in [1.29, 1.82) is 0 Å². The molecule has 2 N–H and O–H groups in total. The number of nitrogens with one attached hydrogen (secondary N) is 1. The van der Waals surface area contributed by atoms with Crippen LogP contribution in [0.1, 0.15) is 24.2 Å². The summed E-state index contributed by atoms with van der Waals surface area (Å²) in [6.45, 7) is 5.65. The van der Waals surface area contributed by atoms with Gasteiger partial charge in [0, 0.05) is 18.7 Å². The van der Waals surface area contributed by atoms with E-state index in [1.165, 1.54) is 7.11 Å². The van der Waals surface area contributed by atoms with Crippen LogP contribution in [0.3, 0.4) is 0 Å². The van der Waals surface area contributed by atoms with E-state index in [0.717, 1.165) is 18.9 Å². The Morgan fingerprint density at radius 1 is 1.24 bits per heavy atom. The van der Waals surface area contributed by atoms with Crippen molar-refractivity contribution in [2.24, 2.45) is 0 Å².